The van der Waals surface area contributed by atoms with Crippen LogP contribution in [0.3, 0.4) is 0 Å². The molecule has 2 N–H and O–H groups in total. The van der Waals surface area contributed by atoms with E-state index in [2.05, 4.69) is 11.9 Å². The maximum atomic E-state index is 5.97. The molecule has 0 unspecified atom stereocenters. The number of fused-ring (bicyclic) bond motifs is 1. The number of hydrogen-bond acceptors (Lipinski definition) is 4. The summed E-state index contributed by atoms with van der Waals surface area (Å²) in [6, 6.07) is 5.90. The average molecular weight is 263 g/mol. The summed E-state index contributed by atoms with van der Waals surface area (Å²) in [5.74, 6) is 1.29. The number of para-hydroxylation sites is 1. The third-order valence-corrected chi connectivity index (χ3v) is 2.90. The molecule has 5 heteroatoms. The molecule has 2 rings (SSSR count). The highest BCUT2D eigenvalue weighted by Crippen LogP contribution is 2.27. The first-order valence-corrected chi connectivity index (χ1v) is 6.73. The predicted octanol–water partition coefficient (Wildman–Crippen LogP) is 2.44. The number of aromatic nitrogens is 2. The van der Waals surface area contributed by atoms with E-state index >= 15 is 0 Å². The number of anilines is 1. The molecule has 2 aromatic rings. The van der Waals surface area contributed by atoms with E-state index in [-0.39, 0.29) is 0 Å². The number of benzene rings is 1. The maximum Gasteiger partial charge on any atom is 0.201 e. The van der Waals surface area contributed by atoms with Crippen LogP contribution in [0.25, 0.3) is 11.0 Å². The van der Waals surface area contributed by atoms with E-state index in [1.807, 2.05) is 29.7 Å². The molecule has 0 bridgehead atoms. The summed E-state index contributed by atoms with van der Waals surface area (Å²) in [5, 5.41) is 0. The maximum absolute atomic E-state index is 5.97. The van der Waals surface area contributed by atoms with Crippen molar-refractivity contribution in [2.24, 2.45) is 0 Å². The molecular weight excluding hydrogens is 242 g/mol. The Hall–Kier alpha value is -1.75. The smallest absolute Gasteiger partial charge is 0.201 e. The molecule has 0 atom stereocenters. The van der Waals surface area contributed by atoms with Crippen LogP contribution < -0.4 is 10.5 Å². The van der Waals surface area contributed by atoms with Gasteiger partial charge in [-0.3, -0.25) is 0 Å². The average Bonchev–Trinajstić information content (AvgIpc) is 2.74. The molecule has 0 spiro atoms. The first-order valence-electron chi connectivity index (χ1n) is 6.73. The lowest BCUT2D eigenvalue weighted by Crippen LogP contribution is -2.08. The third kappa shape index (κ3) is 2.98. The molecule has 19 heavy (non-hydrogen) atoms. The van der Waals surface area contributed by atoms with Crippen LogP contribution >= 0.6 is 0 Å². The fourth-order valence-electron chi connectivity index (χ4n) is 2.00. The van der Waals surface area contributed by atoms with Crippen molar-refractivity contribution in [1.29, 1.82) is 0 Å². The third-order valence-electron chi connectivity index (χ3n) is 2.90. The van der Waals surface area contributed by atoms with Gasteiger partial charge in [0.1, 0.15) is 11.3 Å². The summed E-state index contributed by atoms with van der Waals surface area (Å²) in [6.45, 7) is 6.78. The van der Waals surface area contributed by atoms with E-state index in [4.69, 9.17) is 15.2 Å². The van der Waals surface area contributed by atoms with Crippen LogP contribution in [0.5, 0.6) is 5.75 Å². The number of ether oxygens (including phenoxy) is 2. The topological polar surface area (TPSA) is 62.3 Å². The Morgan fingerprint density at radius 1 is 1.26 bits per heavy atom. The lowest BCUT2D eigenvalue weighted by molar-refractivity contribution is 0.140. The Morgan fingerprint density at radius 2 is 2.11 bits per heavy atom. The normalized spacial score (nSPS) is 11.1. The lowest BCUT2D eigenvalue weighted by atomic mass is 10.3. The summed E-state index contributed by atoms with van der Waals surface area (Å²) < 4.78 is 13.0. The molecule has 1 aromatic heterocycles. The highest BCUT2D eigenvalue weighted by molar-refractivity contribution is 5.84. The van der Waals surface area contributed by atoms with Gasteiger partial charge in [0.2, 0.25) is 5.95 Å². The minimum absolute atomic E-state index is 0.502. The van der Waals surface area contributed by atoms with Gasteiger partial charge in [-0.2, -0.15) is 0 Å². The van der Waals surface area contributed by atoms with Crippen LogP contribution in [0.1, 0.15) is 20.3 Å². The molecular formula is C14H21N3O2. The molecule has 0 saturated heterocycles. The fourth-order valence-corrected chi connectivity index (χ4v) is 2.00. The Labute approximate surface area is 113 Å². The van der Waals surface area contributed by atoms with Gasteiger partial charge in [-0.1, -0.05) is 13.0 Å². The zero-order chi connectivity index (χ0) is 13.7. The first-order chi connectivity index (χ1) is 9.27. The van der Waals surface area contributed by atoms with Gasteiger partial charge in [0.05, 0.1) is 18.7 Å². The zero-order valence-electron chi connectivity index (χ0n) is 11.6. The van der Waals surface area contributed by atoms with Crippen molar-refractivity contribution in [1.82, 2.24) is 9.55 Å². The monoisotopic (exact) mass is 263 g/mol. The standard InChI is InChI=1S/C14H21N3O2/c1-3-9-19-12-7-5-6-11-13(12)16-14(15)17(11)8-10-18-4-2/h5-7H,3-4,8-10H2,1-2H3,(H2,15,16). The van der Waals surface area contributed by atoms with Crippen LogP contribution in [0.15, 0.2) is 18.2 Å². The van der Waals surface area contributed by atoms with E-state index in [1.165, 1.54) is 0 Å². The Bertz CT molecular complexity index is 537. The van der Waals surface area contributed by atoms with Crippen molar-refractivity contribution >= 4 is 17.0 Å². The van der Waals surface area contributed by atoms with Crippen molar-refractivity contribution in [3.05, 3.63) is 18.2 Å². The van der Waals surface area contributed by atoms with Crippen molar-refractivity contribution in [3.63, 3.8) is 0 Å². The largest absolute Gasteiger partial charge is 0.491 e. The van der Waals surface area contributed by atoms with Crippen LogP contribution in [-0.2, 0) is 11.3 Å². The van der Waals surface area contributed by atoms with Crippen LogP contribution in [0.4, 0.5) is 5.95 Å². The number of nitrogens with two attached hydrogens (primary N) is 1. The van der Waals surface area contributed by atoms with Crippen molar-refractivity contribution in [3.8, 4) is 5.75 Å². The highest BCUT2D eigenvalue weighted by atomic mass is 16.5. The fraction of sp³-hybridized carbons (Fsp3) is 0.500. The van der Waals surface area contributed by atoms with Gasteiger partial charge < -0.3 is 19.8 Å². The van der Waals surface area contributed by atoms with E-state index in [0.717, 1.165) is 23.2 Å². The zero-order valence-corrected chi connectivity index (χ0v) is 11.6. The molecule has 0 radical (unpaired) electrons. The first kappa shape index (κ1) is 13.7. The van der Waals surface area contributed by atoms with E-state index in [9.17, 15) is 0 Å². The van der Waals surface area contributed by atoms with Gasteiger partial charge in [0.25, 0.3) is 0 Å². The second kappa shape index (κ2) is 6.43. The SMILES string of the molecule is CCCOc1cccc2c1nc(N)n2CCOCC. The van der Waals surface area contributed by atoms with Gasteiger partial charge in [0, 0.05) is 13.2 Å². The second-order valence-electron chi connectivity index (χ2n) is 4.29. The summed E-state index contributed by atoms with van der Waals surface area (Å²) >= 11 is 0. The van der Waals surface area contributed by atoms with Crippen molar-refractivity contribution in [2.75, 3.05) is 25.6 Å². The van der Waals surface area contributed by atoms with Crippen molar-refractivity contribution in [2.45, 2.75) is 26.8 Å². The highest BCUT2D eigenvalue weighted by Gasteiger charge is 2.11. The summed E-state index contributed by atoms with van der Waals surface area (Å²) in [4.78, 5) is 4.40. The van der Waals surface area contributed by atoms with Crippen LogP contribution in [0, 0.1) is 0 Å². The van der Waals surface area contributed by atoms with E-state index in [0.29, 0.717) is 32.3 Å². The van der Waals surface area contributed by atoms with E-state index < -0.39 is 0 Å². The van der Waals surface area contributed by atoms with Gasteiger partial charge >= 0.3 is 0 Å². The molecule has 1 heterocycles. The Kier molecular flexibility index (Phi) is 4.63. The quantitative estimate of drug-likeness (QED) is 0.779. The van der Waals surface area contributed by atoms with Gasteiger partial charge in [-0.25, -0.2) is 4.98 Å². The molecule has 5 nitrogen and oxygen atoms in total. The van der Waals surface area contributed by atoms with Gasteiger partial charge in [-0.15, -0.1) is 0 Å². The molecule has 0 aliphatic rings. The Balaban J connectivity index is 2.29. The second-order valence-corrected chi connectivity index (χ2v) is 4.29. The molecule has 1 aromatic carbocycles. The number of nitrogens with zero attached hydrogens (tertiary/aromatic N) is 2. The van der Waals surface area contributed by atoms with Crippen LogP contribution in [0.2, 0.25) is 0 Å². The summed E-state index contributed by atoms with van der Waals surface area (Å²) in [5.41, 5.74) is 7.79. The van der Waals surface area contributed by atoms with E-state index in [1.54, 1.807) is 0 Å². The summed E-state index contributed by atoms with van der Waals surface area (Å²) in [6.07, 6.45) is 0.969. The molecule has 0 fully saturated rings. The number of imidazole rings is 1. The minimum Gasteiger partial charge on any atom is -0.491 e. The molecule has 0 amide bonds. The molecule has 104 valence electrons. The molecule has 0 aliphatic carbocycles. The minimum atomic E-state index is 0.502. The predicted molar refractivity (Wildman–Crippen MR) is 76.4 cm³/mol. The van der Waals surface area contributed by atoms with Gasteiger partial charge in [0.15, 0.2) is 0 Å². The van der Waals surface area contributed by atoms with Crippen LogP contribution in [-0.4, -0.2) is 29.4 Å². The number of nitrogen functional groups attached to an aromatic ring is 1. The van der Waals surface area contributed by atoms with Gasteiger partial charge in [-0.05, 0) is 25.5 Å². The number of rotatable bonds is 7. The van der Waals surface area contributed by atoms with Crippen molar-refractivity contribution < 1.29 is 9.47 Å². The Morgan fingerprint density at radius 3 is 2.84 bits per heavy atom. The molecule has 0 saturated carbocycles. The number of hydrogen-bond donors (Lipinski definition) is 1. The molecule has 0 aliphatic heterocycles. The summed E-state index contributed by atoms with van der Waals surface area (Å²) in [7, 11) is 0. The lowest BCUT2D eigenvalue weighted by Gasteiger charge is -2.07.